The molecule has 0 saturated heterocycles. The lowest BCUT2D eigenvalue weighted by molar-refractivity contribution is -0.166. The van der Waals surface area contributed by atoms with E-state index in [2.05, 4.69) is 118 Å². The van der Waals surface area contributed by atoms with Crippen LogP contribution in [0.25, 0.3) is 0 Å². The largest absolute Gasteiger partial charge is 0.462 e. The first-order valence-electron chi connectivity index (χ1n) is 34.4. The first kappa shape index (κ1) is 77.1. The molecule has 0 aliphatic heterocycles. The summed E-state index contributed by atoms with van der Waals surface area (Å²) in [6, 6.07) is 0. The van der Waals surface area contributed by atoms with Crippen molar-refractivity contribution < 1.29 is 28.6 Å². The number of carbonyl (C=O) groups is 3. The van der Waals surface area contributed by atoms with E-state index in [1.165, 1.54) is 205 Å². The summed E-state index contributed by atoms with van der Waals surface area (Å²) in [6.07, 6.45) is 94.2. The number of carbonyl (C=O) groups excluding carboxylic acids is 3. The molecular formula is C75H128O6. The standard InChI is InChI=1S/C75H128O6/c1-4-7-10-13-16-19-22-25-28-30-32-34-35-36-37-38-39-41-42-44-47-50-53-56-59-62-65-68-74(77)80-71-72(70-79-73(76)67-64-61-58-55-52-49-46-27-24-21-18-15-12-9-6-3)81-75(78)69-66-63-60-57-54-51-48-45-43-40-33-31-29-26-23-20-17-14-11-8-5-2/h9,12,18,21-23,25-27,30-33,46,52,55,61,64,72H,4-8,10-11,13-17,19-20,24,28-29,34-45,47-51,53-54,56-60,62-63,65-71H2,1-3H3/b12-9-,21-18-,25-22-,26-23-,32-30-,33-31-,46-27-,55-52-,64-61-. The van der Waals surface area contributed by atoms with Crippen molar-refractivity contribution in [3.05, 3.63) is 109 Å². The Morgan fingerprint density at radius 3 is 0.864 bits per heavy atom. The number of allylic oxidation sites excluding steroid dienone is 17. The smallest absolute Gasteiger partial charge is 0.309 e. The summed E-state index contributed by atoms with van der Waals surface area (Å²) in [6.45, 7) is 6.45. The molecule has 0 aromatic rings. The Hall–Kier alpha value is -3.93. The van der Waals surface area contributed by atoms with Crippen LogP contribution in [0.2, 0.25) is 0 Å². The molecule has 0 radical (unpaired) electrons. The summed E-state index contributed by atoms with van der Waals surface area (Å²) in [7, 11) is 0. The Bertz CT molecular complexity index is 1620. The number of hydrogen-bond donors (Lipinski definition) is 0. The maximum Gasteiger partial charge on any atom is 0.309 e. The second kappa shape index (κ2) is 68.6. The second-order valence-electron chi connectivity index (χ2n) is 22.7. The van der Waals surface area contributed by atoms with Gasteiger partial charge < -0.3 is 14.2 Å². The highest BCUT2D eigenvalue weighted by Gasteiger charge is 2.19. The van der Waals surface area contributed by atoms with Crippen molar-refractivity contribution in [1.29, 1.82) is 0 Å². The predicted octanol–water partition coefficient (Wildman–Crippen LogP) is 23.8. The van der Waals surface area contributed by atoms with Crippen molar-refractivity contribution in [3.63, 3.8) is 0 Å². The van der Waals surface area contributed by atoms with E-state index in [9.17, 15) is 14.4 Å². The molecule has 1 atom stereocenters. The average molecular weight is 1130 g/mol. The first-order valence-corrected chi connectivity index (χ1v) is 34.4. The fourth-order valence-corrected chi connectivity index (χ4v) is 9.64. The van der Waals surface area contributed by atoms with E-state index in [-0.39, 0.29) is 31.6 Å². The van der Waals surface area contributed by atoms with Gasteiger partial charge in [0.05, 0.1) is 6.42 Å². The van der Waals surface area contributed by atoms with Gasteiger partial charge in [0, 0.05) is 12.8 Å². The SMILES string of the molecule is CC/C=C\C/C=C\C/C=C\C/C=C\C/C=C\CC(=O)OCC(COC(=O)CCCCCCCCCCCCCCCCC/C=C\C/C=C\CCCCCCC)OC(=O)CCCCCCCCCCC/C=C\C/C=C\CCCCCCC. The second-order valence-corrected chi connectivity index (χ2v) is 22.7. The van der Waals surface area contributed by atoms with E-state index in [1.54, 1.807) is 6.08 Å². The van der Waals surface area contributed by atoms with Gasteiger partial charge in [-0.2, -0.15) is 0 Å². The summed E-state index contributed by atoms with van der Waals surface area (Å²) >= 11 is 0. The quantitative estimate of drug-likeness (QED) is 0.0261. The molecule has 6 heteroatoms. The van der Waals surface area contributed by atoms with Crippen LogP contribution in [0.1, 0.15) is 329 Å². The van der Waals surface area contributed by atoms with Gasteiger partial charge in [0.15, 0.2) is 6.10 Å². The summed E-state index contributed by atoms with van der Waals surface area (Å²) in [4.78, 5) is 38.3. The van der Waals surface area contributed by atoms with Crippen LogP contribution < -0.4 is 0 Å². The third-order valence-corrected chi connectivity index (χ3v) is 14.8. The molecule has 0 heterocycles. The molecule has 6 nitrogen and oxygen atoms in total. The number of hydrogen-bond acceptors (Lipinski definition) is 6. The highest BCUT2D eigenvalue weighted by atomic mass is 16.6. The van der Waals surface area contributed by atoms with Crippen LogP contribution in [0.4, 0.5) is 0 Å². The van der Waals surface area contributed by atoms with Gasteiger partial charge in [-0.3, -0.25) is 14.4 Å². The van der Waals surface area contributed by atoms with E-state index < -0.39 is 12.1 Å². The number of ether oxygens (including phenoxy) is 3. The van der Waals surface area contributed by atoms with Gasteiger partial charge >= 0.3 is 17.9 Å². The molecule has 0 fully saturated rings. The first-order chi connectivity index (χ1) is 40.0. The Kier molecular flexibility index (Phi) is 65.2. The summed E-state index contributed by atoms with van der Waals surface area (Å²) in [5.74, 6) is -1.04. The Morgan fingerprint density at radius 1 is 0.272 bits per heavy atom. The van der Waals surface area contributed by atoms with Crippen LogP contribution in [-0.2, 0) is 28.6 Å². The molecule has 0 amide bonds. The molecule has 0 spiro atoms. The van der Waals surface area contributed by atoms with Gasteiger partial charge in [0.2, 0.25) is 0 Å². The van der Waals surface area contributed by atoms with Crippen LogP contribution in [0.15, 0.2) is 109 Å². The van der Waals surface area contributed by atoms with Crippen LogP contribution in [-0.4, -0.2) is 37.2 Å². The molecule has 0 aliphatic carbocycles. The van der Waals surface area contributed by atoms with E-state index in [0.717, 1.165) is 83.5 Å². The zero-order valence-corrected chi connectivity index (χ0v) is 53.3. The summed E-state index contributed by atoms with van der Waals surface area (Å²) in [5.41, 5.74) is 0. The van der Waals surface area contributed by atoms with E-state index in [1.807, 2.05) is 6.08 Å². The van der Waals surface area contributed by atoms with Gasteiger partial charge in [-0.15, -0.1) is 0 Å². The molecule has 464 valence electrons. The van der Waals surface area contributed by atoms with E-state index in [4.69, 9.17) is 14.2 Å². The molecule has 0 saturated carbocycles. The molecule has 0 rings (SSSR count). The lowest BCUT2D eigenvalue weighted by Gasteiger charge is -2.18. The molecule has 0 bridgehead atoms. The fourth-order valence-electron chi connectivity index (χ4n) is 9.64. The number of unbranched alkanes of at least 4 members (excludes halogenated alkanes) is 34. The minimum atomic E-state index is -0.823. The zero-order valence-electron chi connectivity index (χ0n) is 53.3. The zero-order chi connectivity index (χ0) is 58.5. The van der Waals surface area contributed by atoms with Crippen molar-refractivity contribution in [1.82, 2.24) is 0 Å². The van der Waals surface area contributed by atoms with E-state index in [0.29, 0.717) is 12.8 Å². The third kappa shape index (κ3) is 66.8. The number of rotatable bonds is 62. The lowest BCUT2D eigenvalue weighted by atomic mass is 10.0. The van der Waals surface area contributed by atoms with Crippen molar-refractivity contribution in [2.75, 3.05) is 13.2 Å². The Morgan fingerprint density at radius 2 is 0.531 bits per heavy atom. The Labute approximate surface area is 501 Å². The molecular weight excluding hydrogens is 997 g/mol. The highest BCUT2D eigenvalue weighted by molar-refractivity contribution is 5.72. The van der Waals surface area contributed by atoms with Crippen LogP contribution in [0, 0.1) is 0 Å². The van der Waals surface area contributed by atoms with E-state index >= 15 is 0 Å². The lowest BCUT2D eigenvalue weighted by Crippen LogP contribution is -2.30. The molecule has 0 aromatic carbocycles. The number of esters is 3. The van der Waals surface area contributed by atoms with Crippen LogP contribution >= 0.6 is 0 Å². The molecule has 0 aliphatic rings. The highest BCUT2D eigenvalue weighted by Crippen LogP contribution is 2.17. The molecule has 0 aromatic heterocycles. The van der Waals surface area contributed by atoms with Crippen LogP contribution in [0.3, 0.4) is 0 Å². The van der Waals surface area contributed by atoms with Crippen molar-refractivity contribution in [2.24, 2.45) is 0 Å². The van der Waals surface area contributed by atoms with Gasteiger partial charge in [-0.1, -0.05) is 310 Å². The minimum Gasteiger partial charge on any atom is -0.462 e. The maximum atomic E-state index is 12.9. The monoisotopic (exact) mass is 1120 g/mol. The fraction of sp³-hybridized carbons (Fsp3) is 0.720. The van der Waals surface area contributed by atoms with Crippen molar-refractivity contribution in [2.45, 2.75) is 335 Å². The predicted molar refractivity (Wildman–Crippen MR) is 353 cm³/mol. The van der Waals surface area contributed by atoms with Crippen molar-refractivity contribution in [3.8, 4) is 0 Å². The van der Waals surface area contributed by atoms with Crippen molar-refractivity contribution >= 4 is 17.9 Å². The Balaban J connectivity index is 4.37. The average Bonchev–Trinajstić information content (AvgIpc) is 3.47. The van der Waals surface area contributed by atoms with Gasteiger partial charge in [0.1, 0.15) is 13.2 Å². The molecule has 1 unspecified atom stereocenters. The third-order valence-electron chi connectivity index (χ3n) is 14.8. The molecule has 81 heavy (non-hydrogen) atoms. The van der Waals surface area contributed by atoms with Gasteiger partial charge in [-0.25, -0.2) is 0 Å². The minimum absolute atomic E-state index is 0.109. The van der Waals surface area contributed by atoms with Crippen LogP contribution in [0.5, 0.6) is 0 Å². The maximum absolute atomic E-state index is 12.9. The molecule has 0 N–H and O–H groups in total. The summed E-state index contributed by atoms with van der Waals surface area (Å²) in [5, 5.41) is 0. The van der Waals surface area contributed by atoms with Gasteiger partial charge in [0.25, 0.3) is 0 Å². The van der Waals surface area contributed by atoms with Gasteiger partial charge in [-0.05, 0) is 109 Å². The topological polar surface area (TPSA) is 78.9 Å². The normalized spacial score (nSPS) is 12.8. The summed E-state index contributed by atoms with van der Waals surface area (Å²) < 4.78 is 16.9.